The van der Waals surface area contributed by atoms with Crippen molar-refractivity contribution in [2.45, 2.75) is 25.7 Å². The molecule has 0 bridgehead atoms. The van der Waals surface area contributed by atoms with Gasteiger partial charge >= 0.3 is 0 Å². The number of halogens is 1. The Morgan fingerprint density at radius 2 is 1.74 bits per heavy atom. The molecule has 140 valence electrons. The Kier molecular flexibility index (Phi) is 5.34. The summed E-state index contributed by atoms with van der Waals surface area (Å²) in [6.07, 6.45) is 2.99. The highest BCUT2D eigenvalue weighted by Crippen LogP contribution is 2.23. The van der Waals surface area contributed by atoms with Crippen molar-refractivity contribution in [1.29, 1.82) is 0 Å². The van der Waals surface area contributed by atoms with Crippen molar-refractivity contribution in [3.05, 3.63) is 69.9 Å². The van der Waals surface area contributed by atoms with Gasteiger partial charge in [0.05, 0.1) is 23.0 Å². The Morgan fingerprint density at radius 3 is 2.37 bits per heavy atom. The van der Waals surface area contributed by atoms with Gasteiger partial charge in [0.15, 0.2) is 0 Å². The molecule has 6 nitrogen and oxygen atoms in total. The van der Waals surface area contributed by atoms with Gasteiger partial charge in [-0.25, -0.2) is 4.83 Å². The maximum absolute atomic E-state index is 12.6. The molecule has 0 saturated carbocycles. The molecular formula is C19H19ClN4O2S. The number of nitrogens with one attached hydrogen (secondary N) is 2. The summed E-state index contributed by atoms with van der Waals surface area (Å²) >= 11 is 5.91. The SMILES string of the molecule is Cc1cc(C)c(S(=O)(=O)N/N=C/c2cn[nH]c2-c2ccc(Cl)cc2)c(C)c1. The van der Waals surface area contributed by atoms with Crippen LogP contribution in [0.2, 0.25) is 5.02 Å². The number of hydrogen-bond donors (Lipinski definition) is 2. The molecule has 0 unspecified atom stereocenters. The first kappa shape index (κ1) is 19.1. The second-order valence-electron chi connectivity index (χ2n) is 6.29. The molecule has 1 aromatic heterocycles. The predicted molar refractivity (Wildman–Crippen MR) is 108 cm³/mol. The van der Waals surface area contributed by atoms with E-state index >= 15 is 0 Å². The molecule has 0 spiro atoms. The van der Waals surface area contributed by atoms with Crippen LogP contribution in [0.15, 0.2) is 52.6 Å². The summed E-state index contributed by atoms with van der Waals surface area (Å²) in [5.74, 6) is 0. The molecule has 0 aliphatic rings. The first-order valence-corrected chi connectivity index (χ1v) is 10.1. The fourth-order valence-corrected chi connectivity index (χ4v) is 4.42. The van der Waals surface area contributed by atoms with Crippen LogP contribution in [0.25, 0.3) is 11.3 Å². The van der Waals surface area contributed by atoms with Crippen LogP contribution >= 0.6 is 11.6 Å². The van der Waals surface area contributed by atoms with Gasteiger partial charge < -0.3 is 0 Å². The van der Waals surface area contributed by atoms with Crippen molar-refractivity contribution in [3.63, 3.8) is 0 Å². The molecule has 0 aliphatic carbocycles. The fraction of sp³-hybridized carbons (Fsp3) is 0.158. The zero-order valence-electron chi connectivity index (χ0n) is 15.1. The number of aromatic amines is 1. The molecule has 0 radical (unpaired) electrons. The number of sulfonamides is 1. The van der Waals surface area contributed by atoms with Crippen molar-refractivity contribution in [2.24, 2.45) is 5.10 Å². The molecule has 8 heteroatoms. The van der Waals surface area contributed by atoms with Crippen LogP contribution in [0.4, 0.5) is 0 Å². The van der Waals surface area contributed by atoms with E-state index in [1.807, 2.05) is 31.2 Å². The average Bonchev–Trinajstić information content (AvgIpc) is 3.02. The molecule has 3 rings (SSSR count). The predicted octanol–water partition coefficient (Wildman–Crippen LogP) is 3.97. The molecule has 1 heterocycles. The van der Waals surface area contributed by atoms with Crippen LogP contribution < -0.4 is 4.83 Å². The molecule has 0 saturated heterocycles. The summed E-state index contributed by atoms with van der Waals surface area (Å²) in [5.41, 5.74) is 4.61. The number of hydrogen-bond acceptors (Lipinski definition) is 4. The largest absolute Gasteiger partial charge is 0.277 e. The Bertz CT molecular complexity index is 1080. The summed E-state index contributed by atoms with van der Waals surface area (Å²) in [7, 11) is -3.77. The van der Waals surface area contributed by atoms with E-state index in [1.54, 1.807) is 32.2 Å². The molecule has 0 fully saturated rings. The molecule has 0 amide bonds. The summed E-state index contributed by atoms with van der Waals surface area (Å²) in [4.78, 5) is 2.53. The summed E-state index contributed by atoms with van der Waals surface area (Å²) in [6.45, 7) is 5.47. The smallest absolute Gasteiger partial charge is 0.277 e. The first-order valence-electron chi connectivity index (χ1n) is 8.20. The average molecular weight is 403 g/mol. The fourth-order valence-electron chi connectivity index (χ4n) is 3.04. The third kappa shape index (κ3) is 4.20. The number of aryl methyl sites for hydroxylation is 3. The lowest BCUT2D eigenvalue weighted by Gasteiger charge is -2.11. The molecule has 0 atom stereocenters. The standard InChI is InChI=1S/C19H19ClN4O2S/c1-12-8-13(2)19(14(3)9-12)27(25,26)24-22-11-16-10-21-23-18(16)15-4-6-17(20)7-5-15/h4-11,24H,1-3H3,(H,21,23)/b22-11+. The number of hydrazone groups is 1. The second kappa shape index (κ2) is 7.54. The van der Waals surface area contributed by atoms with Crippen LogP contribution in [0, 0.1) is 20.8 Å². The van der Waals surface area contributed by atoms with Gasteiger partial charge in [0.25, 0.3) is 10.0 Å². The lowest BCUT2D eigenvalue weighted by Crippen LogP contribution is -2.20. The topological polar surface area (TPSA) is 87.2 Å². The Morgan fingerprint density at radius 1 is 1.11 bits per heavy atom. The number of benzene rings is 2. The number of rotatable bonds is 5. The van der Waals surface area contributed by atoms with Crippen molar-refractivity contribution in [3.8, 4) is 11.3 Å². The van der Waals surface area contributed by atoms with E-state index in [-0.39, 0.29) is 4.90 Å². The van der Waals surface area contributed by atoms with E-state index in [4.69, 9.17) is 11.6 Å². The zero-order valence-corrected chi connectivity index (χ0v) is 16.7. The highest BCUT2D eigenvalue weighted by Gasteiger charge is 2.19. The maximum atomic E-state index is 12.6. The minimum atomic E-state index is -3.77. The van der Waals surface area contributed by atoms with Crippen molar-refractivity contribution < 1.29 is 8.42 Å². The van der Waals surface area contributed by atoms with Crippen LogP contribution in [0.3, 0.4) is 0 Å². The van der Waals surface area contributed by atoms with Crippen LogP contribution in [0.1, 0.15) is 22.3 Å². The summed E-state index contributed by atoms with van der Waals surface area (Å²) < 4.78 is 25.3. The van der Waals surface area contributed by atoms with Gasteiger partial charge in [0.1, 0.15) is 0 Å². The van der Waals surface area contributed by atoms with Gasteiger partial charge in [0, 0.05) is 16.1 Å². The molecule has 27 heavy (non-hydrogen) atoms. The van der Waals surface area contributed by atoms with Gasteiger partial charge in [0.2, 0.25) is 0 Å². The Labute approximate surface area is 163 Å². The summed E-state index contributed by atoms with van der Waals surface area (Å²) in [6, 6.07) is 10.9. The molecular weight excluding hydrogens is 384 g/mol. The second-order valence-corrected chi connectivity index (χ2v) is 8.32. The number of aromatic nitrogens is 2. The normalized spacial score (nSPS) is 11.9. The van der Waals surface area contributed by atoms with E-state index in [2.05, 4.69) is 20.1 Å². The monoisotopic (exact) mass is 402 g/mol. The molecule has 3 aromatic rings. The first-order chi connectivity index (χ1) is 12.8. The Hall–Kier alpha value is -2.64. The third-order valence-corrected chi connectivity index (χ3v) is 5.83. The van der Waals surface area contributed by atoms with E-state index in [0.717, 1.165) is 16.8 Å². The zero-order chi connectivity index (χ0) is 19.6. The molecule has 0 aliphatic heterocycles. The lowest BCUT2D eigenvalue weighted by atomic mass is 10.1. The molecule has 2 N–H and O–H groups in total. The lowest BCUT2D eigenvalue weighted by molar-refractivity contribution is 0.583. The minimum Gasteiger partial charge on any atom is -0.277 e. The van der Waals surface area contributed by atoms with Crippen LogP contribution in [-0.4, -0.2) is 24.8 Å². The van der Waals surface area contributed by atoms with Crippen molar-refractivity contribution in [1.82, 2.24) is 15.0 Å². The van der Waals surface area contributed by atoms with E-state index in [1.165, 1.54) is 6.21 Å². The van der Waals surface area contributed by atoms with Gasteiger partial charge in [-0.15, -0.1) is 0 Å². The van der Waals surface area contributed by atoms with E-state index in [0.29, 0.717) is 21.7 Å². The van der Waals surface area contributed by atoms with Gasteiger partial charge in [-0.1, -0.05) is 41.4 Å². The molecule has 2 aromatic carbocycles. The van der Waals surface area contributed by atoms with Gasteiger partial charge in [-0.2, -0.15) is 18.6 Å². The summed E-state index contributed by atoms with van der Waals surface area (Å²) in [5, 5.41) is 11.4. The maximum Gasteiger partial charge on any atom is 0.277 e. The Balaban J connectivity index is 1.85. The van der Waals surface area contributed by atoms with E-state index in [9.17, 15) is 8.42 Å². The van der Waals surface area contributed by atoms with E-state index < -0.39 is 10.0 Å². The van der Waals surface area contributed by atoms with Crippen molar-refractivity contribution >= 4 is 27.8 Å². The number of H-pyrrole nitrogens is 1. The highest BCUT2D eigenvalue weighted by atomic mass is 35.5. The minimum absolute atomic E-state index is 0.246. The highest BCUT2D eigenvalue weighted by molar-refractivity contribution is 7.89. The van der Waals surface area contributed by atoms with Gasteiger partial charge in [-0.05, 0) is 44.0 Å². The van der Waals surface area contributed by atoms with Crippen molar-refractivity contribution in [2.75, 3.05) is 0 Å². The van der Waals surface area contributed by atoms with Crippen LogP contribution in [-0.2, 0) is 10.0 Å². The number of nitrogens with zero attached hydrogens (tertiary/aromatic N) is 2. The third-order valence-electron chi connectivity index (χ3n) is 4.05. The quantitative estimate of drug-likeness (QED) is 0.500. The van der Waals surface area contributed by atoms with Gasteiger partial charge in [-0.3, -0.25) is 5.10 Å². The van der Waals surface area contributed by atoms with Crippen LogP contribution in [0.5, 0.6) is 0 Å².